The van der Waals surface area contributed by atoms with Crippen molar-refractivity contribution in [3.63, 3.8) is 0 Å². The predicted molar refractivity (Wildman–Crippen MR) is 68.1 cm³/mol. The number of aromatic nitrogens is 1. The van der Waals surface area contributed by atoms with Crippen LogP contribution in [0.3, 0.4) is 0 Å². The van der Waals surface area contributed by atoms with Gasteiger partial charge in [0.15, 0.2) is 0 Å². The van der Waals surface area contributed by atoms with E-state index in [-0.39, 0.29) is 0 Å². The Kier molecular flexibility index (Phi) is 3.66. The maximum absolute atomic E-state index is 5.81. The molecule has 4 heteroatoms. The van der Waals surface area contributed by atoms with E-state index in [1.807, 2.05) is 12.1 Å². The fourth-order valence-corrected chi connectivity index (χ4v) is 2.33. The molecule has 1 aromatic heterocycles. The Labute approximate surface area is 102 Å². The van der Waals surface area contributed by atoms with Crippen LogP contribution < -0.4 is 4.90 Å². The normalized spacial score (nSPS) is 22.4. The number of halogens is 1. The molecule has 2 heterocycles. The fourth-order valence-electron chi connectivity index (χ4n) is 2.18. The van der Waals surface area contributed by atoms with Gasteiger partial charge in [-0.05, 0) is 26.1 Å². The van der Waals surface area contributed by atoms with E-state index in [1.54, 1.807) is 0 Å². The van der Waals surface area contributed by atoms with Gasteiger partial charge in [0.1, 0.15) is 5.82 Å². The highest BCUT2D eigenvalue weighted by molar-refractivity contribution is 6.16. The van der Waals surface area contributed by atoms with Gasteiger partial charge in [0, 0.05) is 25.7 Å². The Morgan fingerprint density at radius 2 is 2.25 bits per heavy atom. The molecule has 0 aliphatic carbocycles. The van der Waals surface area contributed by atoms with Crippen molar-refractivity contribution in [2.45, 2.75) is 18.8 Å². The second-order valence-electron chi connectivity index (χ2n) is 4.43. The summed E-state index contributed by atoms with van der Waals surface area (Å²) in [6.07, 6.45) is 0. The smallest absolute Gasteiger partial charge is 0.129 e. The Bertz CT molecular complexity index is 356. The maximum atomic E-state index is 5.81. The van der Waals surface area contributed by atoms with Crippen molar-refractivity contribution in [2.75, 3.05) is 31.6 Å². The van der Waals surface area contributed by atoms with Crippen molar-refractivity contribution in [2.24, 2.45) is 0 Å². The number of hydrogen-bond acceptors (Lipinski definition) is 3. The number of anilines is 1. The first kappa shape index (κ1) is 11.7. The molecule has 1 aromatic rings. The number of nitrogens with zero attached hydrogens (tertiary/aromatic N) is 3. The van der Waals surface area contributed by atoms with Crippen LogP contribution in [-0.4, -0.2) is 42.6 Å². The maximum Gasteiger partial charge on any atom is 0.129 e. The number of alkyl halides is 1. The summed E-state index contributed by atoms with van der Waals surface area (Å²) in [6, 6.07) is 6.58. The van der Waals surface area contributed by atoms with Crippen molar-refractivity contribution in [1.82, 2.24) is 9.88 Å². The predicted octanol–water partition coefficient (Wildman–Crippen LogP) is 1.96. The second kappa shape index (κ2) is 5.02. The van der Waals surface area contributed by atoms with E-state index in [1.165, 1.54) is 0 Å². The summed E-state index contributed by atoms with van der Waals surface area (Å²) in [5, 5.41) is 0. The minimum atomic E-state index is 0.482. The van der Waals surface area contributed by atoms with E-state index in [9.17, 15) is 0 Å². The van der Waals surface area contributed by atoms with Gasteiger partial charge in [0.2, 0.25) is 0 Å². The standard InChI is InChI=1S/C12H18ClN3/c1-10-9-15(2)6-7-16(10)12-5-3-4-11(8-13)14-12/h3-5,10H,6-9H2,1-2H3. The molecular weight excluding hydrogens is 222 g/mol. The summed E-state index contributed by atoms with van der Waals surface area (Å²) in [7, 11) is 2.16. The molecule has 1 atom stereocenters. The first-order valence-electron chi connectivity index (χ1n) is 5.68. The van der Waals surface area contributed by atoms with Crippen LogP contribution in [0.1, 0.15) is 12.6 Å². The summed E-state index contributed by atoms with van der Waals surface area (Å²) in [5.41, 5.74) is 0.949. The summed E-state index contributed by atoms with van der Waals surface area (Å²) in [4.78, 5) is 9.28. The van der Waals surface area contributed by atoms with E-state index in [0.717, 1.165) is 31.1 Å². The molecule has 2 rings (SSSR count). The van der Waals surface area contributed by atoms with Crippen LogP contribution in [0.2, 0.25) is 0 Å². The zero-order chi connectivity index (χ0) is 11.5. The minimum absolute atomic E-state index is 0.482. The van der Waals surface area contributed by atoms with E-state index < -0.39 is 0 Å². The van der Waals surface area contributed by atoms with E-state index >= 15 is 0 Å². The Morgan fingerprint density at radius 1 is 1.44 bits per heavy atom. The molecule has 1 fully saturated rings. The molecule has 1 unspecified atom stereocenters. The topological polar surface area (TPSA) is 19.4 Å². The van der Waals surface area contributed by atoms with Crippen molar-refractivity contribution < 1.29 is 0 Å². The van der Waals surface area contributed by atoms with Gasteiger partial charge in [0.05, 0.1) is 11.6 Å². The zero-order valence-electron chi connectivity index (χ0n) is 9.86. The van der Waals surface area contributed by atoms with Crippen molar-refractivity contribution >= 4 is 17.4 Å². The van der Waals surface area contributed by atoms with Crippen LogP contribution in [0.5, 0.6) is 0 Å². The Hall–Kier alpha value is -0.800. The molecule has 0 saturated carbocycles. The van der Waals surface area contributed by atoms with E-state index in [4.69, 9.17) is 11.6 Å². The van der Waals surface area contributed by atoms with E-state index in [0.29, 0.717) is 11.9 Å². The SMILES string of the molecule is CC1CN(C)CCN1c1cccc(CCl)n1. The molecule has 1 aliphatic rings. The number of hydrogen-bond donors (Lipinski definition) is 0. The average Bonchev–Trinajstić information content (AvgIpc) is 2.29. The van der Waals surface area contributed by atoms with E-state index in [2.05, 4.69) is 34.8 Å². The van der Waals surface area contributed by atoms with Gasteiger partial charge in [-0.2, -0.15) is 0 Å². The fraction of sp³-hybridized carbons (Fsp3) is 0.583. The van der Waals surface area contributed by atoms with Crippen LogP contribution in [0.15, 0.2) is 18.2 Å². The molecule has 16 heavy (non-hydrogen) atoms. The monoisotopic (exact) mass is 239 g/mol. The van der Waals surface area contributed by atoms with Gasteiger partial charge in [-0.25, -0.2) is 4.98 Å². The average molecular weight is 240 g/mol. The van der Waals surface area contributed by atoms with Crippen LogP contribution in [0, 0.1) is 0 Å². The third kappa shape index (κ3) is 2.47. The van der Waals surface area contributed by atoms with Gasteiger partial charge in [-0.3, -0.25) is 0 Å². The Morgan fingerprint density at radius 3 is 2.94 bits per heavy atom. The zero-order valence-corrected chi connectivity index (χ0v) is 10.6. The molecule has 1 saturated heterocycles. The molecule has 0 aromatic carbocycles. The first-order valence-corrected chi connectivity index (χ1v) is 6.21. The number of pyridine rings is 1. The quantitative estimate of drug-likeness (QED) is 0.736. The minimum Gasteiger partial charge on any atom is -0.351 e. The molecule has 1 aliphatic heterocycles. The molecule has 0 N–H and O–H groups in total. The lowest BCUT2D eigenvalue weighted by Crippen LogP contribution is -2.50. The second-order valence-corrected chi connectivity index (χ2v) is 4.69. The highest BCUT2D eigenvalue weighted by Crippen LogP contribution is 2.18. The lowest BCUT2D eigenvalue weighted by molar-refractivity contribution is 0.274. The molecule has 88 valence electrons. The molecule has 3 nitrogen and oxygen atoms in total. The molecular formula is C12H18ClN3. The van der Waals surface area contributed by atoms with Gasteiger partial charge < -0.3 is 9.80 Å². The van der Waals surface area contributed by atoms with Crippen molar-refractivity contribution in [3.05, 3.63) is 23.9 Å². The van der Waals surface area contributed by atoms with Gasteiger partial charge >= 0.3 is 0 Å². The number of piperazine rings is 1. The third-order valence-electron chi connectivity index (χ3n) is 3.05. The Balaban J connectivity index is 2.16. The van der Waals surface area contributed by atoms with Gasteiger partial charge in [-0.1, -0.05) is 6.07 Å². The first-order chi connectivity index (χ1) is 7.70. The highest BCUT2D eigenvalue weighted by atomic mass is 35.5. The lowest BCUT2D eigenvalue weighted by atomic mass is 10.2. The third-order valence-corrected chi connectivity index (χ3v) is 3.33. The lowest BCUT2D eigenvalue weighted by Gasteiger charge is -2.39. The van der Waals surface area contributed by atoms with Gasteiger partial charge in [-0.15, -0.1) is 11.6 Å². The molecule has 0 bridgehead atoms. The summed E-state index contributed by atoms with van der Waals surface area (Å²) in [6.45, 7) is 5.46. The molecule has 0 amide bonds. The van der Waals surface area contributed by atoms with Crippen molar-refractivity contribution in [3.8, 4) is 0 Å². The van der Waals surface area contributed by atoms with Gasteiger partial charge in [0.25, 0.3) is 0 Å². The van der Waals surface area contributed by atoms with Crippen molar-refractivity contribution in [1.29, 1.82) is 0 Å². The number of rotatable bonds is 2. The van der Waals surface area contributed by atoms with Crippen LogP contribution in [0.4, 0.5) is 5.82 Å². The van der Waals surface area contributed by atoms with Crippen LogP contribution in [0.25, 0.3) is 0 Å². The molecule has 0 spiro atoms. The summed E-state index contributed by atoms with van der Waals surface area (Å²) >= 11 is 5.81. The summed E-state index contributed by atoms with van der Waals surface area (Å²) in [5.74, 6) is 1.54. The highest BCUT2D eigenvalue weighted by Gasteiger charge is 2.22. The largest absolute Gasteiger partial charge is 0.351 e. The van der Waals surface area contributed by atoms with Crippen LogP contribution in [-0.2, 0) is 5.88 Å². The van der Waals surface area contributed by atoms with Crippen LogP contribution >= 0.6 is 11.6 Å². The summed E-state index contributed by atoms with van der Waals surface area (Å²) < 4.78 is 0. The number of likely N-dealkylation sites (N-methyl/N-ethyl adjacent to an activating group) is 1. The molecule has 0 radical (unpaired) electrons.